The van der Waals surface area contributed by atoms with Crippen molar-refractivity contribution in [1.82, 2.24) is 4.90 Å². The summed E-state index contributed by atoms with van der Waals surface area (Å²) >= 11 is 0. The monoisotopic (exact) mass is 279 g/mol. The van der Waals surface area contributed by atoms with Gasteiger partial charge in [0.1, 0.15) is 0 Å². The summed E-state index contributed by atoms with van der Waals surface area (Å²) in [6, 6.07) is 8.13. The Hall–Kier alpha value is -1.30. The minimum absolute atomic E-state index is 0.372. The lowest BCUT2D eigenvalue weighted by Crippen LogP contribution is -2.42. The molecule has 0 aromatic heterocycles. The Morgan fingerprint density at radius 3 is 2.70 bits per heavy atom. The first-order valence-corrected chi connectivity index (χ1v) is 7.15. The average molecular weight is 279 g/mol. The van der Waals surface area contributed by atoms with Crippen LogP contribution in [0.25, 0.3) is 0 Å². The summed E-state index contributed by atoms with van der Waals surface area (Å²) in [7, 11) is 4.04. The van der Waals surface area contributed by atoms with Crippen LogP contribution in [0.2, 0.25) is 0 Å². The van der Waals surface area contributed by atoms with Crippen molar-refractivity contribution in [2.75, 3.05) is 63.7 Å². The molecule has 0 aliphatic carbocycles. The van der Waals surface area contributed by atoms with Gasteiger partial charge in [0, 0.05) is 40.3 Å². The number of ether oxygens (including phenoxy) is 1. The van der Waals surface area contributed by atoms with E-state index in [-0.39, 0.29) is 6.10 Å². The first-order valence-electron chi connectivity index (χ1n) is 7.15. The SMILES string of the molecule is CN(C)c1ccccc1NCC(O)CN1CCOCC1. The average Bonchev–Trinajstić information content (AvgIpc) is 2.46. The molecule has 1 unspecified atom stereocenters. The van der Waals surface area contributed by atoms with Crippen LogP contribution in [0.1, 0.15) is 0 Å². The van der Waals surface area contributed by atoms with Crippen LogP contribution in [0.3, 0.4) is 0 Å². The largest absolute Gasteiger partial charge is 0.390 e. The highest BCUT2D eigenvalue weighted by atomic mass is 16.5. The van der Waals surface area contributed by atoms with E-state index in [1.54, 1.807) is 0 Å². The lowest BCUT2D eigenvalue weighted by molar-refractivity contribution is 0.0171. The Balaban J connectivity index is 1.82. The maximum Gasteiger partial charge on any atom is 0.0839 e. The van der Waals surface area contributed by atoms with Gasteiger partial charge in [-0.05, 0) is 12.1 Å². The summed E-state index contributed by atoms with van der Waals surface area (Å²) in [5.74, 6) is 0. The number of aliphatic hydroxyl groups is 1. The van der Waals surface area contributed by atoms with Crippen LogP contribution in [-0.2, 0) is 4.74 Å². The normalized spacial score (nSPS) is 17.8. The third-order valence-corrected chi connectivity index (χ3v) is 3.49. The van der Waals surface area contributed by atoms with Gasteiger partial charge in [0.25, 0.3) is 0 Å². The topological polar surface area (TPSA) is 48.0 Å². The maximum absolute atomic E-state index is 10.1. The van der Waals surface area contributed by atoms with Crippen LogP contribution >= 0.6 is 0 Å². The molecular weight excluding hydrogens is 254 g/mol. The molecule has 2 N–H and O–H groups in total. The minimum Gasteiger partial charge on any atom is -0.390 e. The number of morpholine rings is 1. The highest BCUT2D eigenvalue weighted by Crippen LogP contribution is 2.23. The number of β-amino-alcohol motifs (C(OH)–C–C–N with tert-alkyl or cyclic N) is 1. The van der Waals surface area contributed by atoms with Crippen LogP contribution in [0.4, 0.5) is 11.4 Å². The van der Waals surface area contributed by atoms with Crippen molar-refractivity contribution in [3.05, 3.63) is 24.3 Å². The predicted molar refractivity (Wildman–Crippen MR) is 82.5 cm³/mol. The van der Waals surface area contributed by atoms with Gasteiger partial charge >= 0.3 is 0 Å². The van der Waals surface area contributed by atoms with Crippen LogP contribution in [0.15, 0.2) is 24.3 Å². The number of nitrogens with one attached hydrogen (secondary N) is 1. The summed E-state index contributed by atoms with van der Waals surface area (Å²) in [6.45, 7) is 4.60. The summed E-state index contributed by atoms with van der Waals surface area (Å²) in [6.07, 6.45) is -0.372. The summed E-state index contributed by atoms with van der Waals surface area (Å²) in [5.41, 5.74) is 2.18. The van der Waals surface area contributed by atoms with Crippen molar-refractivity contribution >= 4 is 11.4 Å². The fraction of sp³-hybridized carbons (Fsp3) is 0.600. The molecule has 1 fully saturated rings. The molecule has 5 nitrogen and oxygen atoms in total. The molecule has 1 aromatic carbocycles. The minimum atomic E-state index is -0.372. The third kappa shape index (κ3) is 4.37. The zero-order chi connectivity index (χ0) is 14.4. The molecule has 1 aromatic rings. The van der Waals surface area contributed by atoms with Gasteiger partial charge in [-0.2, -0.15) is 0 Å². The van der Waals surface area contributed by atoms with E-state index in [9.17, 15) is 5.11 Å². The van der Waals surface area contributed by atoms with Gasteiger partial charge < -0.3 is 20.1 Å². The number of rotatable bonds is 6. The number of aliphatic hydroxyl groups excluding tert-OH is 1. The summed E-state index contributed by atoms with van der Waals surface area (Å²) in [4.78, 5) is 4.31. The predicted octanol–water partition coefficient (Wildman–Crippen LogP) is 0.858. The van der Waals surface area contributed by atoms with E-state index in [0.717, 1.165) is 37.7 Å². The van der Waals surface area contributed by atoms with Gasteiger partial charge in [0.2, 0.25) is 0 Å². The highest BCUT2D eigenvalue weighted by molar-refractivity contribution is 5.69. The zero-order valence-corrected chi connectivity index (χ0v) is 12.4. The molecule has 0 radical (unpaired) electrons. The Labute approximate surface area is 121 Å². The van der Waals surface area contributed by atoms with Crippen LogP contribution in [0.5, 0.6) is 0 Å². The standard InChI is InChI=1S/C15H25N3O2/c1-17(2)15-6-4-3-5-14(15)16-11-13(19)12-18-7-9-20-10-8-18/h3-6,13,16,19H,7-12H2,1-2H3. The van der Waals surface area contributed by atoms with Crippen LogP contribution in [0, 0.1) is 0 Å². The van der Waals surface area contributed by atoms with Crippen molar-refractivity contribution in [2.45, 2.75) is 6.10 Å². The van der Waals surface area contributed by atoms with Crippen molar-refractivity contribution in [1.29, 1.82) is 0 Å². The first-order chi connectivity index (χ1) is 9.66. The highest BCUT2D eigenvalue weighted by Gasteiger charge is 2.15. The Morgan fingerprint density at radius 2 is 2.00 bits per heavy atom. The summed E-state index contributed by atoms with van der Waals surface area (Å²) in [5, 5.41) is 13.5. The molecule has 1 aliphatic rings. The number of hydrogen-bond donors (Lipinski definition) is 2. The van der Waals surface area contributed by atoms with Crippen molar-refractivity contribution < 1.29 is 9.84 Å². The van der Waals surface area contributed by atoms with E-state index in [0.29, 0.717) is 13.1 Å². The lowest BCUT2D eigenvalue weighted by Gasteiger charge is -2.29. The fourth-order valence-corrected chi connectivity index (χ4v) is 2.39. The lowest BCUT2D eigenvalue weighted by atomic mass is 10.2. The van der Waals surface area contributed by atoms with Gasteiger partial charge in [-0.25, -0.2) is 0 Å². The molecular formula is C15H25N3O2. The third-order valence-electron chi connectivity index (χ3n) is 3.49. The van der Waals surface area contributed by atoms with E-state index in [1.807, 2.05) is 32.3 Å². The molecule has 1 aliphatic heterocycles. The molecule has 0 spiro atoms. The second-order valence-corrected chi connectivity index (χ2v) is 5.36. The van der Waals surface area contributed by atoms with E-state index < -0.39 is 0 Å². The van der Waals surface area contributed by atoms with Crippen LogP contribution in [-0.4, -0.2) is 69.6 Å². The zero-order valence-electron chi connectivity index (χ0n) is 12.4. The number of hydrogen-bond acceptors (Lipinski definition) is 5. The second kappa shape index (κ2) is 7.47. The van der Waals surface area contributed by atoms with Gasteiger partial charge in [0.15, 0.2) is 0 Å². The Morgan fingerprint density at radius 1 is 1.30 bits per heavy atom. The first kappa shape index (κ1) is 15.1. The van der Waals surface area contributed by atoms with Crippen molar-refractivity contribution in [3.8, 4) is 0 Å². The van der Waals surface area contributed by atoms with E-state index >= 15 is 0 Å². The molecule has 1 heterocycles. The van der Waals surface area contributed by atoms with Gasteiger partial charge in [-0.1, -0.05) is 12.1 Å². The maximum atomic E-state index is 10.1. The molecule has 1 saturated heterocycles. The van der Waals surface area contributed by atoms with Crippen LogP contribution < -0.4 is 10.2 Å². The van der Waals surface area contributed by atoms with Gasteiger partial charge in [-0.3, -0.25) is 4.90 Å². The smallest absolute Gasteiger partial charge is 0.0839 e. The Kier molecular flexibility index (Phi) is 5.64. The fourth-order valence-electron chi connectivity index (χ4n) is 2.39. The quantitative estimate of drug-likeness (QED) is 0.809. The molecule has 112 valence electrons. The molecule has 0 amide bonds. The van der Waals surface area contributed by atoms with Gasteiger partial charge in [-0.15, -0.1) is 0 Å². The van der Waals surface area contributed by atoms with Crippen molar-refractivity contribution in [3.63, 3.8) is 0 Å². The van der Waals surface area contributed by atoms with Crippen molar-refractivity contribution in [2.24, 2.45) is 0 Å². The van der Waals surface area contributed by atoms with E-state index in [1.165, 1.54) is 0 Å². The summed E-state index contributed by atoms with van der Waals surface area (Å²) < 4.78 is 5.31. The molecule has 20 heavy (non-hydrogen) atoms. The molecule has 5 heteroatoms. The molecule has 2 rings (SSSR count). The Bertz CT molecular complexity index is 406. The van der Waals surface area contributed by atoms with E-state index in [4.69, 9.17) is 4.74 Å². The van der Waals surface area contributed by atoms with Gasteiger partial charge in [0.05, 0.1) is 30.7 Å². The number of para-hydroxylation sites is 2. The number of nitrogens with zero attached hydrogens (tertiary/aromatic N) is 2. The second-order valence-electron chi connectivity index (χ2n) is 5.36. The van der Waals surface area contributed by atoms with E-state index in [2.05, 4.69) is 21.2 Å². The number of benzene rings is 1. The number of anilines is 2. The molecule has 1 atom stereocenters. The molecule has 0 saturated carbocycles. The molecule has 0 bridgehead atoms.